The molecule has 0 N–H and O–H groups in total. The normalized spacial score (nSPS) is 15.6. The SMILES string of the molecule is CCOC(=O)C1=C(C)N=c2s/c(=C/c3ccc(-c4cccc(Cl)c4)o3)c(=O)n2[C@@H]1c1ccccc1Cl. The van der Waals surface area contributed by atoms with Gasteiger partial charge >= 0.3 is 5.97 Å². The van der Waals surface area contributed by atoms with Gasteiger partial charge < -0.3 is 9.15 Å². The molecule has 36 heavy (non-hydrogen) atoms. The van der Waals surface area contributed by atoms with Crippen molar-refractivity contribution in [1.82, 2.24) is 4.57 Å². The number of ether oxygens (including phenoxy) is 1. The number of carbonyl (C=O) groups is 1. The summed E-state index contributed by atoms with van der Waals surface area (Å²) < 4.78 is 13.2. The Morgan fingerprint density at radius 3 is 2.72 bits per heavy atom. The van der Waals surface area contributed by atoms with Crippen LogP contribution in [0.4, 0.5) is 0 Å². The minimum absolute atomic E-state index is 0.197. The number of thiazole rings is 1. The summed E-state index contributed by atoms with van der Waals surface area (Å²) in [7, 11) is 0. The summed E-state index contributed by atoms with van der Waals surface area (Å²) in [5, 5.41) is 1.04. The van der Waals surface area contributed by atoms with Crippen LogP contribution in [0.3, 0.4) is 0 Å². The van der Waals surface area contributed by atoms with Crippen molar-refractivity contribution in [3.05, 3.63) is 113 Å². The lowest BCUT2D eigenvalue weighted by Crippen LogP contribution is -2.40. The largest absolute Gasteiger partial charge is 0.463 e. The Balaban J connectivity index is 1.66. The average molecular weight is 539 g/mol. The van der Waals surface area contributed by atoms with Gasteiger partial charge in [-0.05, 0) is 49.7 Å². The molecule has 1 atom stereocenters. The zero-order valence-corrected chi connectivity index (χ0v) is 21.7. The second-order valence-corrected chi connectivity index (χ2v) is 9.89. The summed E-state index contributed by atoms with van der Waals surface area (Å²) in [5.74, 6) is 0.604. The van der Waals surface area contributed by atoms with E-state index in [1.807, 2.05) is 24.3 Å². The number of nitrogens with zero attached hydrogens (tertiary/aromatic N) is 2. The van der Waals surface area contributed by atoms with Crippen molar-refractivity contribution in [1.29, 1.82) is 0 Å². The molecule has 1 aliphatic heterocycles. The lowest BCUT2D eigenvalue weighted by atomic mass is 9.96. The number of allylic oxidation sites excluding steroid dienone is 1. The van der Waals surface area contributed by atoms with Gasteiger partial charge in [0.25, 0.3) is 5.56 Å². The average Bonchev–Trinajstić information content (AvgIpc) is 3.43. The minimum atomic E-state index is -0.769. The molecule has 3 heterocycles. The lowest BCUT2D eigenvalue weighted by molar-refractivity contribution is -0.139. The highest BCUT2D eigenvalue weighted by Gasteiger charge is 2.34. The molecule has 0 saturated carbocycles. The van der Waals surface area contributed by atoms with E-state index in [9.17, 15) is 9.59 Å². The van der Waals surface area contributed by atoms with Crippen LogP contribution in [-0.4, -0.2) is 17.1 Å². The van der Waals surface area contributed by atoms with Gasteiger partial charge in [-0.1, -0.05) is 64.9 Å². The summed E-state index contributed by atoms with van der Waals surface area (Å²) in [6, 6.07) is 17.3. The van der Waals surface area contributed by atoms with Crippen molar-refractivity contribution in [3.8, 4) is 11.3 Å². The van der Waals surface area contributed by atoms with E-state index in [1.54, 1.807) is 56.3 Å². The van der Waals surface area contributed by atoms with E-state index in [2.05, 4.69) is 4.99 Å². The van der Waals surface area contributed by atoms with Gasteiger partial charge in [0.05, 0.1) is 22.4 Å². The molecule has 0 aliphatic carbocycles. The van der Waals surface area contributed by atoms with Gasteiger partial charge in [-0.3, -0.25) is 9.36 Å². The number of fused-ring (bicyclic) bond motifs is 1. The van der Waals surface area contributed by atoms with Crippen LogP contribution in [0.1, 0.15) is 31.2 Å². The maximum absolute atomic E-state index is 13.7. The number of esters is 1. The van der Waals surface area contributed by atoms with Crippen molar-refractivity contribution in [2.75, 3.05) is 6.61 Å². The molecule has 4 aromatic rings. The molecule has 2 aromatic carbocycles. The Bertz CT molecular complexity index is 1700. The number of aromatic nitrogens is 1. The lowest BCUT2D eigenvalue weighted by Gasteiger charge is -2.25. The van der Waals surface area contributed by atoms with Gasteiger partial charge in [0.2, 0.25) is 0 Å². The molecule has 5 rings (SSSR count). The molecule has 0 saturated heterocycles. The number of benzene rings is 2. The Hall–Kier alpha value is -3.39. The molecule has 0 unspecified atom stereocenters. The third-order valence-corrected chi connectivity index (χ3v) is 7.29. The molecule has 1 aliphatic rings. The van der Waals surface area contributed by atoms with E-state index >= 15 is 0 Å². The van der Waals surface area contributed by atoms with Crippen molar-refractivity contribution >= 4 is 46.6 Å². The zero-order valence-electron chi connectivity index (χ0n) is 19.3. The third-order valence-electron chi connectivity index (χ3n) is 5.73. The number of hydrogen-bond acceptors (Lipinski definition) is 6. The molecule has 9 heteroatoms. The quantitative estimate of drug-likeness (QED) is 0.320. The monoisotopic (exact) mass is 538 g/mol. The summed E-state index contributed by atoms with van der Waals surface area (Å²) >= 11 is 13.8. The molecule has 182 valence electrons. The zero-order chi connectivity index (χ0) is 25.4. The standard InChI is InChI=1S/C27H20Cl2N2O4S/c1-3-34-26(33)23-15(2)30-27-31(24(23)19-9-4-5-10-20(19)29)25(32)22(36-27)14-18-11-12-21(35-18)16-7-6-8-17(28)13-16/h4-14,24H,3H2,1-2H3/b22-14+/t24-/m1/s1. The van der Waals surface area contributed by atoms with E-state index in [-0.39, 0.29) is 17.7 Å². The molecule has 0 fully saturated rings. The van der Waals surface area contributed by atoms with E-state index in [1.165, 1.54) is 15.9 Å². The first-order valence-electron chi connectivity index (χ1n) is 11.2. The predicted molar refractivity (Wildman–Crippen MR) is 141 cm³/mol. The van der Waals surface area contributed by atoms with Gasteiger partial charge in [-0.15, -0.1) is 0 Å². The Labute approximate surface area is 220 Å². The second-order valence-electron chi connectivity index (χ2n) is 8.04. The minimum Gasteiger partial charge on any atom is -0.463 e. The first-order chi connectivity index (χ1) is 17.4. The van der Waals surface area contributed by atoms with Crippen molar-refractivity contribution < 1.29 is 13.9 Å². The number of hydrogen-bond donors (Lipinski definition) is 0. The fourth-order valence-electron chi connectivity index (χ4n) is 4.14. The first-order valence-corrected chi connectivity index (χ1v) is 12.7. The van der Waals surface area contributed by atoms with Crippen molar-refractivity contribution in [2.45, 2.75) is 19.9 Å². The fraction of sp³-hybridized carbons (Fsp3) is 0.148. The van der Waals surface area contributed by atoms with Crippen molar-refractivity contribution in [3.63, 3.8) is 0 Å². The topological polar surface area (TPSA) is 73.8 Å². The molecule has 0 amide bonds. The van der Waals surface area contributed by atoms with Gasteiger partial charge in [-0.25, -0.2) is 9.79 Å². The van der Waals surface area contributed by atoms with Crippen LogP contribution in [0.15, 0.2) is 86.1 Å². The van der Waals surface area contributed by atoms with Gasteiger partial charge in [0.15, 0.2) is 4.80 Å². The molecule has 2 aromatic heterocycles. The van der Waals surface area contributed by atoms with Gasteiger partial charge in [0, 0.05) is 21.7 Å². The van der Waals surface area contributed by atoms with Crippen LogP contribution in [0.5, 0.6) is 0 Å². The maximum Gasteiger partial charge on any atom is 0.338 e. The number of furan rings is 1. The summed E-state index contributed by atoms with van der Waals surface area (Å²) in [6.07, 6.45) is 1.67. The van der Waals surface area contributed by atoms with Crippen LogP contribution in [-0.2, 0) is 9.53 Å². The van der Waals surface area contributed by atoms with Gasteiger partial charge in [-0.2, -0.15) is 0 Å². The van der Waals surface area contributed by atoms with Crippen molar-refractivity contribution in [2.24, 2.45) is 4.99 Å². The maximum atomic E-state index is 13.7. The van der Waals surface area contributed by atoms with E-state index < -0.39 is 12.0 Å². The highest BCUT2D eigenvalue weighted by atomic mass is 35.5. The molecule has 0 bridgehead atoms. The molecular weight excluding hydrogens is 519 g/mol. The molecule has 6 nitrogen and oxygen atoms in total. The van der Waals surface area contributed by atoms with Crippen LogP contribution >= 0.6 is 34.5 Å². The Kier molecular flexibility index (Phi) is 6.71. The number of halogens is 2. The van der Waals surface area contributed by atoms with E-state index in [0.29, 0.717) is 42.2 Å². The number of rotatable bonds is 5. The summed E-state index contributed by atoms with van der Waals surface area (Å²) in [6.45, 7) is 3.66. The molecular formula is C27H20Cl2N2O4S. The fourth-order valence-corrected chi connectivity index (χ4v) is 5.60. The summed E-state index contributed by atoms with van der Waals surface area (Å²) in [4.78, 5) is 31.7. The molecule has 0 spiro atoms. The number of carbonyl (C=O) groups excluding carboxylic acids is 1. The predicted octanol–water partition coefficient (Wildman–Crippen LogP) is 5.37. The van der Waals surface area contributed by atoms with E-state index in [4.69, 9.17) is 32.4 Å². The second kappa shape index (κ2) is 9.93. The van der Waals surface area contributed by atoms with Crippen LogP contribution in [0, 0.1) is 0 Å². The Morgan fingerprint density at radius 1 is 1.17 bits per heavy atom. The molecule has 0 radical (unpaired) electrons. The van der Waals surface area contributed by atoms with Crippen LogP contribution < -0.4 is 14.9 Å². The smallest absolute Gasteiger partial charge is 0.338 e. The highest BCUT2D eigenvalue weighted by molar-refractivity contribution is 7.07. The highest BCUT2D eigenvalue weighted by Crippen LogP contribution is 2.34. The van der Waals surface area contributed by atoms with Gasteiger partial charge in [0.1, 0.15) is 17.6 Å². The Morgan fingerprint density at radius 2 is 1.97 bits per heavy atom. The third kappa shape index (κ3) is 4.46. The van der Waals surface area contributed by atoms with Crippen LogP contribution in [0.25, 0.3) is 17.4 Å². The summed E-state index contributed by atoms with van der Waals surface area (Å²) in [5.41, 5.74) is 1.90. The first kappa shape index (κ1) is 24.3. The van der Waals surface area contributed by atoms with E-state index in [0.717, 1.165) is 5.56 Å². The van der Waals surface area contributed by atoms with Crippen LogP contribution in [0.2, 0.25) is 10.0 Å².